The van der Waals surface area contributed by atoms with Crippen molar-refractivity contribution in [2.24, 2.45) is 13.0 Å². The van der Waals surface area contributed by atoms with Gasteiger partial charge >= 0.3 is 0 Å². The first-order valence-electron chi connectivity index (χ1n) is 5.44. The summed E-state index contributed by atoms with van der Waals surface area (Å²) < 4.78 is 2.06. The predicted molar refractivity (Wildman–Crippen MR) is 66.4 cm³/mol. The van der Waals surface area contributed by atoms with Crippen LogP contribution in [0.4, 0.5) is 5.69 Å². The van der Waals surface area contributed by atoms with E-state index in [2.05, 4.69) is 9.88 Å². The van der Waals surface area contributed by atoms with Gasteiger partial charge in [0.1, 0.15) is 0 Å². The summed E-state index contributed by atoms with van der Waals surface area (Å²) in [6, 6.07) is 7.99. The first kappa shape index (κ1) is 10.7. The Labute approximate surface area is 95.1 Å². The van der Waals surface area contributed by atoms with Crippen molar-refractivity contribution in [3.8, 4) is 0 Å². The van der Waals surface area contributed by atoms with Crippen molar-refractivity contribution >= 4 is 22.5 Å². The largest absolute Gasteiger partial charge is 0.351 e. The number of nitrogens with zero attached hydrogens (tertiary/aromatic N) is 1. The Kier molecular flexibility index (Phi) is 2.69. The van der Waals surface area contributed by atoms with Gasteiger partial charge in [-0.05, 0) is 24.3 Å². The highest BCUT2D eigenvalue weighted by atomic mass is 16.1. The molecule has 1 N–H and O–H groups in total. The third-order valence-electron chi connectivity index (χ3n) is 2.68. The number of hydrogen-bond acceptors (Lipinski definition) is 1. The van der Waals surface area contributed by atoms with Crippen molar-refractivity contribution in [3.63, 3.8) is 0 Å². The fourth-order valence-corrected chi connectivity index (χ4v) is 1.65. The fourth-order valence-electron chi connectivity index (χ4n) is 1.65. The maximum absolute atomic E-state index is 11.5. The number of carbonyl (C=O) groups excluding carboxylic acids is 1. The minimum absolute atomic E-state index is 0.00599. The van der Waals surface area contributed by atoms with Gasteiger partial charge in [-0.3, -0.25) is 4.79 Å². The number of carbonyl (C=O) groups is 1. The highest BCUT2D eigenvalue weighted by Gasteiger charge is 2.07. The third-order valence-corrected chi connectivity index (χ3v) is 2.68. The normalized spacial score (nSPS) is 11.0. The summed E-state index contributed by atoms with van der Waals surface area (Å²) >= 11 is 0. The van der Waals surface area contributed by atoms with Crippen LogP contribution in [-0.4, -0.2) is 10.5 Å². The van der Waals surface area contributed by atoms with Gasteiger partial charge in [-0.1, -0.05) is 13.8 Å². The molecule has 1 aromatic heterocycles. The quantitative estimate of drug-likeness (QED) is 0.822. The molecule has 16 heavy (non-hydrogen) atoms. The van der Waals surface area contributed by atoms with Crippen molar-refractivity contribution in [1.29, 1.82) is 0 Å². The van der Waals surface area contributed by atoms with Crippen molar-refractivity contribution in [1.82, 2.24) is 4.57 Å². The second-order valence-corrected chi connectivity index (χ2v) is 4.34. The van der Waals surface area contributed by atoms with E-state index in [1.807, 2.05) is 51.4 Å². The van der Waals surface area contributed by atoms with Crippen LogP contribution in [-0.2, 0) is 11.8 Å². The Morgan fingerprint density at radius 1 is 1.31 bits per heavy atom. The van der Waals surface area contributed by atoms with E-state index in [4.69, 9.17) is 0 Å². The molecule has 0 aliphatic heterocycles. The van der Waals surface area contributed by atoms with Crippen LogP contribution >= 0.6 is 0 Å². The van der Waals surface area contributed by atoms with Crippen LogP contribution in [0.15, 0.2) is 30.5 Å². The molecular formula is C13H16N2O. The molecule has 0 spiro atoms. The van der Waals surface area contributed by atoms with Gasteiger partial charge in [0, 0.05) is 35.8 Å². The maximum atomic E-state index is 11.5. The van der Waals surface area contributed by atoms with Gasteiger partial charge in [0.15, 0.2) is 0 Å². The number of benzene rings is 1. The molecule has 0 saturated carbocycles. The Bertz CT molecular complexity index is 526. The third kappa shape index (κ3) is 1.94. The van der Waals surface area contributed by atoms with E-state index in [9.17, 15) is 4.79 Å². The molecule has 2 aromatic rings. The molecule has 0 unspecified atom stereocenters. The number of hydrogen-bond donors (Lipinski definition) is 1. The number of aromatic nitrogens is 1. The molecule has 0 fully saturated rings. The molecule has 1 aromatic carbocycles. The summed E-state index contributed by atoms with van der Waals surface area (Å²) in [4.78, 5) is 11.5. The molecule has 0 aliphatic carbocycles. The lowest BCUT2D eigenvalue weighted by molar-refractivity contribution is -0.118. The van der Waals surface area contributed by atoms with Gasteiger partial charge in [-0.15, -0.1) is 0 Å². The molecule has 0 bridgehead atoms. The standard InChI is InChI=1S/C13H16N2O/c1-9(2)13(16)14-11-4-5-12-10(8-11)6-7-15(12)3/h4-9H,1-3H3,(H,14,16). The smallest absolute Gasteiger partial charge is 0.226 e. The maximum Gasteiger partial charge on any atom is 0.226 e. The van der Waals surface area contributed by atoms with Crippen LogP contribution in [0, 0.1) is 5.92 Å². The highest BCUT2D eigenvalue weighted by Crippen LogP contribution is 2.20. The summed E-state index contributed by atoms with van der Waals surface area (Å²) in [5.41, 5.74) is 2.03. The molecule has 3 nitrogen and oxygen atoms in total. The summed E-state index contributed by atoms with van der Waals surface area (Å²) in [6.45, 7) is 3.77. The van der Waals surface area contributed by atoms with Crippen molar-refractivity contribution < 1.29 is 4.79 Å². The van der Waals surface area contributed by atoms with Crippen molar-refractivity contribution in [2.75, 3.05) is 5.32 Å². The Balaban J connectivity index is 2.30. The van der Waals surface area contributed by atoms with E-state index in [0.717, 1.165) is 11.1 Å². The zero-order valence-corrected chi connectivity index (χ0v) is 9.82. The van der Waals surface area contributed by atoms with E-state index in [1.54, 1.807) is 0 Å². The molecule has 84 valence electrons. The lowest BCUT2D eigenvalue weighted by Gasteiger charge is -2.07. The predicted octanol–water partition coefficient (Wildman–Crippen LogP) is 2.77. The number of nitrogens with one attached hydrogen (secondary N) is 1. The molecule has 0 radical (unpaired) electrons. The summed E-state index contributed by atoms with van der Waals surface area (Å²) in [7, 11) is 2.01. The molecule has 0 aliphatic rings. The van der Waals surface area contributed by atoms with Gasteiger partial charge in [0.05, 0.1) is 0 Å². The van der Waals surface area contributed by atoms with Gasteiger partial charge in [0.2, 0.25) is 5.91 Å². The first-order valence-corrected chi connectivity index (χ1v) is 5.44. The lowest BCUT2D eigenvalue weighted by Crippen LogP contribution is -2.17. The summed E-state index contributed by atoms with van der Waals surface area (Å²) in [5.74, 6) is 0.0572. The van der Waals surface area contributed by atoms with Gasteiger partial charge in [0.25, 0.3) is 0 Å². The Morgan fingerprint density at radius 2 is 2.06 bits per heavy atom. The van der Waals surface area contributed by atoms with E-state index in [0.29, 0.717) is 0 Å². The molecular weight excluding hydrogens is 200 g/mol. The van der Waals surface area contributed by atoms with Gasteiger partial charge in [-0.2, -0.15) is 0 Å². The van der Waals surface area contributed by atoms with Crippen LogP contribution in [0.5, 0.6) is 0 Å². The molecule has 0 atom stereocenters. The highest BCUT2D eigenvalue weighted by molar-refractivity contribution is 5.94. The number of rotatable bonds is 2. The zero-order chi connectivity index (χ0) is 11.7. The Morgan fingerprint density at radius 3 is 2.75 bits per heavy atom. The van der Waals surface area contributed by atoms with Gasteiger partial charge < -0.3 is 9.88 Å². The zero-order valence-electron chi connectivity index (χ0n) is 9.82. The molecule has 3 heteroatoms. The fraction of sp³-hybridized carbons (Fsp3) is 0.308. The SMILES string of the molecule is CC(C)C(=O)Nc1ccc2c(ccn2C)c1. The van der Waals surface area contributed by atoms with Crippen molar-refractivity contribution in [3.05, 3.63) is 30.5 Å². The van der Waals surface area contributed by atoms with E-state index in [-0.39, 0.29) is 11.8 Å². The number of aryl methyl sites for hydroxylation is 1. The minimum Gasteiger partial charge on any atom is -0.351 e. The summed E-state index contributed by atoms with van der Waals surface area (Å²) in [5, 5.41) is 4.04. The average molecular weight is 216 g/mol. The monoisotopic (exact) mass is 216 g/mol. The molecule has 1 amide bonds. The van der Waals surface area contributed by atoms with E-state index >= 15 is 0 Å². The van der Waals surface area contributed by atoms with Crippen LogP contribution < -0.4 is 5.32 Å². The van der Waals surface area contributed by atoms with E-state index in [1.165, 1.54) is 5.52 Å². The van der Waals surface area contributed by atoms with Gasteiger partial charge in [-0.25, -0.2) is 0 Å². The van der Waals surface area contributed by atoms with Crippen LogP contribution in [0.3, 0.4) is 0 Å². The number of anilines is 1. The van der Waals surface area contributed by atoms with Crippen LogP contribution in [0.2, 0.25) is 0 Å². The Hall–Kier alpha value is -1.77. The van der Waals surface area contributed by atoms with Crippen LogP contribution in [0.25, 0.3) is 10.9 Å². The van der Waals surface area contributed by atoms with Crippen molar-refractivity contribution in [2.45, 2.75) is 13.8 Å². The average Bonchev–Trinajstić information content (AvgIpc) is 2.60. The number of fused-ring (bicyclic) bond motifs is 1. The minimum atomic E-state index is 0.00599. The number of amides is 1. The van der Waals surface area contributed by atoms with Crippen LogP contribution in [0.1, 0.15) is 13.8 Å². The second kappa shape index (κ2) is 4.00. The van der Waals surface area contributed by atoms with E-state index < -0.39 is 0 Å². The second-order valence-electron chi connectivity index (χ2n) is 4.34. The molecule has 1 heterocycles. The summed E-state index contributed by atoms with van der Waals surface area (Å²) in [6.07, 6.45) is 2.01. The first-order chi connectivity index (χ1) is 7.58. The molecule has 0 saturated heterocycles. The topological polar surface area (TPSA) is 34.0 Å². The molecule has 2 rings (SSSR count). The lowest BCUT2D eigenvalue weighted by atomic mass is 10.2.